The van der Waals surface area contributed by atoms with E-state index in [-0.39, 0.29) is 133 Å². The first-order valence-corrected chi connectivity index (χ1v) is 27.9. The van der Waals surface area contributed by atoms with Gasteiger partial charge in [-0.05, 0) is 74.4 Å². The molecule has 2 aromatic carbocycles. The number of carboxylic acids is 3. The molecule has 14 N–H and O–H groups in total. The van der Waals surface area contributed by atoms with E-state index in [2.05, 4.69) is 47.5 Å². The van der Waals surface area contributed by atoms with Crippen molar-refractivity contribution in [3.63, 3.8) is 0 Å². The molecule has 0 spiro atoms. The molecule has 0 aromatic heterocycles. The zero-order valence-corrected chi connectivity index (χ0v) is 47.2. The summed E-state index contributed by atoms with van der Waals surface area (Å²) < 4.78 is 0. The first-order valence-electron chi connectivity index (χ1n) is 27.9. The van der Waals surface area contributed by atoms with Crippen LogP contribution in [-0.2, 0) is 44.9 Å². The van der Waals surface area contributed by atoms with Crippen LogP contribution in [0.4, 0.5) is 10.5 Å². The lowest BCUT2D eigenvalue weighted by atomic mass is 9.99. The van der Waals surface area contributed by atoms with Gasteiger partial charge in [-0.1, -0.05) is 31.2 Å². The Morgan fingerprint density at radius 1 is 0.598 bits per heavy atom. The molecule has 4 rings (SSSR count). The average molecular weight is 1150 g/mol. The van der Waals surface area contributed by atoms with Gasteiger partial charge in [0.1, 0.15) is 11.8 Å². The molecule has 7 amide bonds. The second-order valence-corrected chi connectivity index (χ2v) is 20.3. The fourth-order valence-electron chi connectivity index (χ4n) is 9.04. The SMILES string of the molecule is CCC(=O)NCCNC(=O)NC(N)=NCCC[C@@H](NC(=O)C(C)c1ccc(NCCCNC(=O)CN2CCC(NC(=O)CN3CCN(CC(=O)O)CCN(CC(=O)O)CCN(CC(=O)O)CC3)CC2)cc1)C(=O)NCc1ccc(O)cc1. The second-order valence-electron chi connectivity index (χ2n) is 20.3. The maximum absolute atomic E-state index is 13.6. The number of carbonyl (C=O) groups excluding carboxylic acids is 6. The van der Waals surface area contributed by atoms with Gasteiger partial charge in [0.2, 0.25) is 29.5 Å². The highest BCUT2D eigenvalue weighted by Crippen LogP contribution is 2.19. The molecule has 0 bridgehead atoms. The van der Waals surface area contributed by atoms with Crippen LogP contribution in [-0.4, -0.2) is 247 Å². The van der Waals surface area contributed by atoms with Crippen LogP contribution < -0.4 is 48.3 Å². The van der Waals surface area contributed by atoms with Crippen LogP contribution in [0.15, 0.2) is 53.5 Å². The van der Waals surface area contributed by atoms with E-state index < -0.39 is 41.8 Å². The van der Waals surface area contributed by atoms with Crippen molar-refractivity contribution >= 4 is 65.1 Å². The number of nitrogens with two attached hydrogens (primary N) is 1. The van der Waals surface area contributed by atoms with Gasteiger partial charge in [-0.15, -0.1) is 0 Å². The number of nitrogens with zero attached hydrogens (tertiary/aromatic N) is 6. The molecule has 0 saturated carbocycles. The highest BCUT2D eigenvalue weighted by Gasteiger charge is 2.27. The van der Waals surface area contributed by atoms with E-state index in [1.165, 1.54) is 12.1 Å². The first kappa shape index (κ1) is 66.8. The minimum atomic E-state index is -1.04. The maximum Gasteiger partial charge on any atom is 0.321 e. The van der Waals surface area contributed by atoms with Crippen LogP contribution in [0, 0.1) is 0 Å². The quantitative estimate of drug-likeness (QED) is 0.0233. The number of aromatic hydroxyl groups is 1. The fourth-order valence-corrected chi connectivity index (χ4v) is 9.04. The minimum Gasteiger partial charge on any atom is -0.508 e. The van der Waals surface area contributed by atoms with Gasteiger partial charge in [0.05, 0.1) is 38.6 Å². The van der Waals surface area contributed by atoms with Crippen molar-refractivity contribution in [1.29, 1.82) is 0 Å². The largest absolute Gasteiger partial charge is 0.508 e. The van der Waals surface area contributed by atoms with Crippen LogP contribution in [0.5, 0.6) is 5.75 Å². The number of anilines is 1. The number of hydrogen-bond donors (Lipinski definition) is 13. The van der Waals surface area contributed by atoms with Crippen molar-refractivity contribution in [2.75, 3.05) is 136 Å². The summed E-state index contributed by atoms with van der Waals surface area (Å²) in [6.45, 7) is 8.28. The topological polar surface area (TPSA) is 385 Å². The number of guanidine groups is 1. The smallest absolute Gasteiger partial charge is 0.321 e. The number of nitrogens with one attached hydrogen (secondary N) is 8. The molecule has 2 aliphatic rings. The number of aliphatic imine (C=N–C) groups is 1. The summed E-state index contributed by atoms with van der Waals surface area (Å²) in [5.41, 5.74) is 8.15. The number of benzene rings is 2. The van der Waals surface area contributed by atoms with Gasteiger partial charge >= 0.3 is 23.9 Å². The van der Waals surface area contributed by atoms with Crippen LogP contribution in [0.3, 0.4) is 0 Å². The Morgan fingerprint density at radius 2 is 1.11 bits per heavy atom. The van der Waals surface area contributed by atoms with Gasteiger partial charge in [0.25, 0.3) is 0 Å². The van der Waals surface area contributed by atoms with Gasteiger partial charge in [-0.25, -0.2) is 4.79 Å². The van der Waals surface area contributed by atoms with E-state index >= 15 is 0 Å². The molecule has 2 aromatic rings. The number of phenolic OH excluding ortho intramolecular Hbond substituents is 1. The zero-order chi connectivity index (χ0) is 59.8. The summed E-state index contributed by atoms with van der Waals surface area (Å²) >= 11 is 0. The minimum absolute atomic E-state index is 0.0236. The summed E-state index contributed by atoms with van der Waals surface area (Å²) in [6.07, 6.45) is 2.78. The Hall–Kier alpha value is -7.66. The normalized spacial score (nSPS) is 16.4. The Bertz CT molecular complexity index is 2380. The molecular formula is C54H85N15O13. The molecule has 454 valence electrons. The summed E-state index contributed by atoms with van der Waals surface area (Å²) in [6, 6.07) is 12.1. The van der Waals surface area contributed by atoms with Gasteiger partial charge in [-0.2, -0.15) is 0 Å². The lowest BCUT2D eigenvalue weighted by Crippen LogP contribution is -2.51. The highest BCUT2D eigenvalue weighted by molar-refractivity contribution is 5.95. The lowest BCUT2D eigenvalue weighted by Gasteiger charge is -2.34. The third kappa shape index (κ3) is 27.7. The third-order valence-electron chi connectivity index (χ3n) is 13.8. The number of hydrogen-bond acceptors (Lipinski definition) is 17. The maximum atomic E-state index is 13.6. The number of piperidine rings is 1. The molecule has 2 atom stereocenters. The average Bonchev–Trinajstić information content (AvgIpc) is 3.54. The molecule has 2 fully saturated rings. The Morgan fingerprint density at radius 3 is 1.66 bits per heavy atom. The van der Waals surface area contributed by atoms with Crippen molar-refractivity contribution in [3.05, 3.63) is 59.7 Å². The zero-order valence-electron chi connectivity index (χ0n) is 47.2. The van der Waals surface area contributed by atoms with Crippen molar-refractivity contribution in [2.24, 2.45) is 10.7 Å². The van der Waals surface area contributed by atoms with Crippen molar-refractivity contribution in [2.45, 2.75) is 76.9 Å². The molecule has 2 saturated heterocycles. The van der Waals surface area contributed by atoms with Gasteiger partial charge < -0.3 is 63.4 Å². The van der Waals surface area contributed by atoms with Crippen LogP contribution in [0.25, 0.3) is 0 Å². The van der Waals surface area contributed by atoms with Crippen molar-refractivity contribution < 1.29 is 63.6 Å². The van der Waals surface area contributed by atoms with Crippen LogP contribution in [0.1, 0.15) is 69.4 Å². The van der Waals surface area contributed by atoms with E-state index in [1.54, 1.807) is 40.7 Å². The Labute approximate surface area is 478 Å². The van der Waals surface area contributed by atoms with Crippen molar-refractivity contribution in [1.82, 2.24) is 61.7 Å². The van der Waals surface area contributed by atoms with Crippen LogP contribution in [0.2, 0.25) is 0 Å². The highest BCUT2D eigenvalue weighted by atomic mass is 16.4. The van der Waals surface area contributed by atoms with E-state index in [1.807, 2.05) is 34.1 Å². The summed E-state index contributed by atoms with van der Waals surface area (Å²) in [5.74, 6) is -5.02. The molecule has 28 heteroatoms. The number of likely N-dealkylation sites (tertiary alicyclic amines) is 1. The monoisotopic (exact) mass is 1150 g/mol. The molecule has 2 heterocycles. The van der Waals surface area contributed by atoms with Gasteiger partial charge in [-0.3, -0.25) is 73.2 Å². The number of urea groups is 1. The number of amides is 7. The van der Waals surface area contributed by atoms with Gasteiger partial charge in [0.15, 0.2) is 5.96 Å². The molecular weight excluding hydrogens is 1070 g/mol. The number of carbonyl (C=O) groups is 9. The number of aliphatic carboxylic acids is 3. The van der Waals surface area contributed by atoms with Crippen molar-refractivity contribution in [3.8, 4) is 5.75 Å². The van der Waals surface area contributed by atoms with E-state index in [0.29, 0.717) is 84.5 Å². The van der Waals surface area contributed by atoms with E-state index in [0.717, 1.165) is 16.8 Å². The predicted molar refractivity (Wildman–Crippen MR) is 305 cm³/mol. The Balaban J connectivity index is 1.16. The summed E-state index contributed by atoms with van der Waals surface area (Å²) in [7, 11) is 0. The first-order chi connectivity index (χ1) is 39.2. The second kappa shape index (κ2) is 36.6. The molecule has 0 aliphatic carbocycles. The van der Waals surface area contributed by atoms with Crippen LogP contribution >= 0.6 is 0 Å². The Kier molecular flexibility index (Phi) is 29.9. The van der Waals surface area contributed by atoms with Gasteiger partial charge in [0, 0.05) is 123 Å². The molecule has 28 nitrogen and oxygen atoms in total. The fraction of sp³-hybridized carbons (Fsp3) is 0.593. The third-order valence-corrected chi connectivity index (χ3v) is 13.8. The summed E-state index contributed by atoms with van der Waals surface area (Å²) in [5, 5.41) is 60.8. The lowest BCUT2D eigenvalue weighted by molar-refractivity contribution is -0.140. The predicted octanol–water partition coefficient (Wildman–Crippen LogP) is -1.81. The molecule has 2 aliphatic heterocycles. The number of carboxylic acid groups (broad SMARTS) is 3. The standard InChI is InChI=1S/C54H85N15O13/c1-3-45(71)58-20-21-60-54(82)64-53(55)59-17-4-6-44(52(81)61-32-39-7-13-43(70)14-8-39)63-51(80)38(2)40-9-11-41(12-10-40)56-18-5-19-57-46(72)33-65-22-15-42(16-23-65)62-47(73)34-66-24-26-67(35-48(74)75)28-30-69(37-50(78)79)31-29-68(27-25-66)36-49(76)77/h7-14,38,42,44,56,70H,3-6,15-37H2,1-2H3,(H,57,72)(H,58,71)(H,61,81)(H,62,73)(H,63,80)(H,74,75)(H,76,77)(H,78,79)(H4,55,59,60,64,82)/t38?,44-/m1/s1. The van der Waals surface area contributed by atoms with E-state index in [4.69, 9.17) is 5.73 Å². The molecule has 0 radical (unpaired) electrons. The molecule has 1 unspecified atom stereocenters. The summed E-state index contributed by atoms with van der Waals surface area (Å²) in [4.78, 5) is 125. The molecule has 82 heavy (non-hydrogen) atoms. The number of rotatable bonds is 30. The number of phenols is 1. The van der Waals surface area contributed by atoms with E-state index in [9.17, 15) is 63.6 Å².